The molecule has 0 radical (unpaired) electrons. The Kier molecular flexibility index (Phi) is 3.37. The lowest BCUT2D eigenvalue weighted by atomic mass is 9.94. The number of rotatable bonds is 1. The highest BCUT2D eigenvalue weighted by Gasteiger charge is 2.33. The molecule has 0 saturated heterocycles. The molecule has 5 heteroatoms. The first kappa shape index (κ1) is 12.6. The maximum atomic E-state index is 12.6. The van der Waals surface area contributed by atoms with E-state index in [1.54, 1.807) is 0 Å². The summed E-state index contributed by atoms with van der Waals surface area (Å²) in [6.07, 6.45) is 0.880. The van der Waals surface area contributed by atoms with Crippen molar-refractivity contribution in [2.24, 2.45) is 0 Å². The van der Waals surface area contributed by atoms with Crippen molar-refractivity contribution in [2.45, 2.75) is 31.9 Å². The smallest absolute Gasteiger partial charge is 0.242 e. The number of nitriles is 1. The van der Waals surface area contributed by atoms with Gasteiger partial charge in [-0.25, -0.2) is 4.98 Å². The quantitative estimate of drug-likeness (QED) is 0.759. The van der Waals surface area contributed by atoms with Crippen LogP contribution in [0.3, 0.4) is 0 Å². The van der Waals surface area contributed by atoms with E-state index in [0.29, 0.717) is 6.42 Å². The van der Waals surface area contributed by atoms with Gasteiger partial charge in [0.25, 0.3) is 0 Å². The van der Waals surface area contributed by atoms with Crippen LogP contribution in [0.1, 0.15) is 42.6 Å². The summed E-state index contributed by atoms with van der Waals surface area (Å²) in [6, 6.07) is 3.95. The summed E-state index contributed by atoms with van der Waals surface area (Å²) in [7, 11) is 0. The summed E-state index contributed by atoms with van der Waals surface area (Å²) < 4.78 is 37.8. The molecule has 0 aromatic carbocycles. The van der Waals surface area contributed by atoms with E-state index in [1.165, 1.54) is 6.07 Å². The molecule has 0 fully saturated rings. The molecule has 18 heavy (non-hydrogen) atoms. The van der Waals surface area contributed by atoms with E-state index in [4.69, 9.17) is 5.26 Å². The lowest BCUT2D eigenvalue weighted by Crippen LogP contribution is -2.10. The normalized spacial score (nSPS) is 16.0. The zero-order chi connectivity index (χ0) is 13.2. The zero-order valence-electron chi connectivity index (χ0n) is 9.59. The molecule has 2 nitrogen and oxygen atoms in total. The fourth-order valence-electron chi connectivity index (χ4n) is 2.01. The average molecular weight is 252 g/mol. The molecule has 0 spiro atoms. The van der Waals surface area contributed by atoms with Gasteiger partial charge in [-0.2, -0.15) is 18.4 Å². The highest BCUT2D eigenvalue weighted by Crippen LogP contribution is 2.32. The third-order valence-corrected chi connectivity index (χ3v) is 2.90. The van der Waals surface area contributed by atoms with Crippen LogP contribution >= 0.6 is 0 Å². The van der Waals surface area contributed by atoms with Gasteiger partial charge >= 0.3 is 6.18 Å². The van der Waals surface area contributed by atoms with Crippen LogP contribution in [0.2, 0.25) is 0 Å². The van der Waals surface area contributed by atoms with Crippen LogP contribution in [0.4, 0.5) is 13.2 Å². The fraction of sp³-hybridized carbons (Fsp3) is 0.385. The van der Waals surface area contributed by atoms with Gasteiger partial charge in [0.15, 0.2) is 0 Å². The number of hydrogen-bond donors (Lipinski definition) is 0. The molecule has 1 aromatic rings. The van der Waals surface area contributed by atoms with E-state index in [-0.39, 0.29) is 11.3 Å². The number of hydrogen-bond acceptors (Lipinski definition) is 2. The molecule has 0 bridgehead atoms. The molecule has 1 heterocycles. The Bertz CT molecular complexity index is 524. The van der Waals surface area contributed by atoms with Crippen molar-refractivity contribution >= 4 is 5.57 Å². The highest BCUT2D eigenvalue weighted by atomic mass is 19.4. The Morgan fingerprint density at radius 1 is 1.22 bits per heavy atom. The van der Waals surface area contributed by atoms with Crippen molar-refractivity contribution in [1.29, 1.82) is 5.26 Å². The third kappa shape index (κ3) is 2.53. The summed E-state index contributed by atoms with van der Waals surface area (Å²) in [6.45, 7) is 0. The molecule has 0 saturated carbocycles. The minimum atomic E-state index is -4.47. The number of aromatic nitrogens is 1. The molecular weight excluding hydrogens is 241 g/mol. The zero-order valence-corrected chi connectivity index (χ0v) is 9.59. The predicted molar refractivity (Wildman–Crippen MR) is 60.4 cm³/mol. The monoisotopic (exact) mass is 252 g/mol. The SMILES string of the molecule is N#Cc1ccc(C(F)(F)F)nc1C1=CCCCC1. The van der Waals surface area contributed by atoms with Gasteiger partial charge in [-0.1, -0.05) is 6.08 Å². The van der Waals surface area contributed by atoms with Crippen LogP contribution in [0.15, 0.2) is 18.2 Å². The Balaban J connectivity index is 2.50. The van der Waals surface area contributed by atoms with Crippen molar-refractivity contribution in [3.8, 4) is 6.07 Å². The van der Waals surface area contributed by atoms with E-state index in [0.717, 1.165) is 30.9 Å². The Morgan fingerprint density at radius 2 is 2.00 bits per heavy atom. The van der Waals surface area contributed by atoms with Crippen LogP contribution in [0, 0.1) is 11.3 Å². The molecule has 0 N–H and O–H groups in total. The highest BCUT2D eigenvalue weighted by molar-refractivity contribution is 5.68. The van der Waals surface area contributed by atoms with E-state index in [9.17, 15) is 13.2 Å². The van der Waals surface area contributed by atoms with Crippen LogP contribution < -0.4 is 0 Å². The van der Waals surface area contributed by atoms with Gasteiger partial charge in [0.2, 0.25) is 0 Å². The number of allylic oxidation sites excluding steroid dienone is 2. The third-order valence-electron chi connectivity index (χ3n) is 2.90. The van der Waals surface area contributed by atoms with Gasteiger partial charge in [0.05, 0.1) is 11.3 Å². The van der Waals surface area contributed by atoms with Crippen molar-refractivity contribution in [3.05, 3.63) is 35.2 Å². The van der Waals surface area contributed by atoms with E-state index >= 15 is 0 Å². The van der Waals surface area contributed by atoms with E-state index < -0.39 is 11.9 Å². The molecule has 0 aliphatic heterocycles. The number of halogens is 3. The number of nitrogens with zero attached hydrogens (tertiary/aromatic N) is 2. The molecule has 1 aliphatic rings. The second-order valence-electron chi connectivity index (χ2n) is 4.18. The number of pyridine rings is 1. The first-order valence-corrected chi connectivity index (χ1v) is 5.70. The summed E-state index contributed by atoms with van der Waals surface area (Å²) >= 11 is 0. The first-order chi connectivity index (χ1) is 8.52. The minimum absolute atomic E-state index is 0.187. The summed E-state index contributed by atoms with van der Waals surface area (Å²) in [5.41, 5.74) is 0.204. The summed E-state index contributed by atoms with van der Waals surface area (Å²) in [4.78, 5) is 3.62. The maximum absolute atomic E-state index is 12.6. The van der Waals surface area contributed by atoms with Crippen molar-refractivity contribution < 1.29 is 13.2 Å². The van der Waals surface area contributed by atoms with E-state index in [2.05, 4.69) is 4.98 Å². The lowest BCUT2D eigenvalue weighted by molar-refractivity contribution is -0.141. The topological polar surface area (TPSA) is 36.7 Å². The molecule has 0 amide bonds. The van der Waals surface area contributed by atoms with Gasteiger partial charge in [-0.3, -0.25) is 0 Å². The Morgan fingerprint density at radius 3 is 2.56 bits per heavy atom. The average Bonchev–Trinajstić information content (AvgIpc) is 2.38. The standard InChI is InChI=1S/C13H11F3N2/c14-13(15,16)11-7-6-10(8-17)12(18-11)9-4-2-1-3-5-9/h4,6-7H,1-3,5H2. The van der Waals surface area contributed by atoms with Crippen LogP contribution in [-0.4, -0.2) is 4.98 Å². The Hall–Kier alpha value is -1.83. The van der Waals surface area contributed by atoms with Gasteiger partial charge in [0, 0.05) is 0 Å². The second kappa shape index (κ2) is 4.81. The molecule has 1 aromatic heterocycles. The Labute approximate surface area is 103 Å². The van der Waals surface area contributed by atoms with Crippen LogP contribution in [-0.2, 0) is 6.18 Å². The van der Waals surface area contributed by atoms with Crippen molar-refractivity contribution in [3.63, 3.8) is 0 Å². The lowest BCUT2D eigenvalue weighted by Gasteiger charge is -2.15. The van der Waals surface area contributed by atoms with E-state index in [1.807, 2.05) is 12.1 Å². The molecule has 2 rings (SSSR count). The predicted octanol–water partition coefficient (Wildman–Crippen LogP) is 3.93. The molecule has 1 aliphatic carbocycles. The molecular formula is C13H11F3N2. The number of alkyl halides is 3. The molecule has 0 unspecified atom stereocenters. The van der Waals surface area contributed by atoms with Gasteiger partial charge < -0.3 is 0 Å². The van der Waals surface area contributed by atoms with Gasteiger partial charge in [-0.05, 0) is 43.4 Å². The van der Waals surface area contributed by atoms with Gasteiger partial charge in [0.1, 0.15) is 11.8 Å². The van der Waals surface area contributed by atoms with Crippen molar-refractivity contribution in [1.82, 2.24) is 4.98 Å². The molecule has 0 atom stereocenters. The van der Waals surface area contributed by atoms with Gasteiger partial charge in [-0.15, -0.1) is 0 Å². The van der Waals surface area contributed by atoms with Crippen molar-refractivity contribution in [2.75, 3.05) is 0 Å². The fourth-order valence-corrected chi connectivity index (χ4v) is 2.01. The molecule has 94 valence electrons. The first-order valence-electron chi connectivity index (χ1n) is 5.70. The van der Waals surface area contributed by atoms with Crippen LogP contribution in [0.25, 0.3) is 5.57 Å². The van der Waals surface area contributed by atoms with Crippen LogP contribution in [0.5, 0.6) is 0 Å². The largest absolute Gasteiger partial charge is 0.433 e. The summed E-state index contributed by atoms with van der Waals surface area (Å²) in [5, 5.41) is 8.94. The minimum Gasteiger partial charge on any atom is -0.242 e. The summed E-state index contributed by atoms with van der Waals surface area (Å²) in [5.74, 6) is 0. The maximum Gasteiger partial charge on any atom is 0.433 e. The second-order valence-corrected chi connectivity index (χ2v) is 4.18.